The molecule has 1 amide bonds. The molecule has 2 heterocycles. The lowest BCUT2D eigenvalue weighted by atomic mass is 10.0. The van der Waals surface area contributed by atoms with Crippen LogP contribution >= 0.6 is 0 Å². The predicted octanol–water partition coefficient (Wildman–Crippen LogP) is 3.66. The lowest BCUT2D eigenvalue weighted by Gasteiger charge is -2.40. The quantitative estimate of drug-likeness (QED) is 0.350. The Bertz CT molecular complexity index is 1500. The third kappa shape index (κ3) is 7.23. The van der Waals surface area contributed by atoms with Gasteiger partial charge in [0.05, 0.1) is 4.90 Å². The average molecular weight is 615 g/mol. The van der Waals surface area contributed by atoms with Crippen molar-refractivity contribution in [3.63, 3.8) is 0 Å². The summed E-state index contributed by atoms with van der Waals surface area (Å²) in [6.45, 7) is 1.08. The van der Waals surface area contributed by atoms with E-state index in [4.69, 9.17) is 5.73 Å². The van der Waals surface area contributed by atoms with Crippen LogP contribution in [0.3, 0.4) is 0 Å². The van der Waals surface area contributed by atoms with E-state index in [2.05, 4.69) is 20.0 Å². The molecule has 1 aliphatic heterocycles. The van der Waals surface area contributed by atoms with Crippen LogP contribution in [0.5, 0.6) is 5.75 Å². The van der Waals surface area contributed by atoms with Crippen molar-refractivity contribution in [1.29, 1.82) is 0 Å². The number of anilines is 2. The smallest absolute Gasteiger partial charge is 0.406 e. The van der Waals surface area contributed by atoms with Gasteiger partial charge in [-0.2, -0.15) is 9.29 Å². The van der Waals surface area contributed by atoms with E-state index in [-0.39, 0.29) is 49.0 Å². The molecule has 226 valence electrons. The molecule has 16 heteroatoms. The van der Waals surface area contributed by atoms with Crippen molar-refractivity contribution in [3.8, 4) is 5.75 Å². The molecule has 1 fully saturated rings. The largest absolute Gasteiger partial charge is 0.573 e. The number of sulfonamides is 1. The Labute approximate surface area is 238 Å². The maximum Gasteiger partial charge on any atom is 0.573 e. The number of carbonyl (C=O) groups excluding carboxylic acids is 1. The summed E-state index contributed by atoms with van der Waals surface area (Å²) in [7, 11) is -4.37. The zero-order chi connectivity index (χ0) is 30.7. The minimum atomic E-state index is -4.96. The zero-order valence-corrected chi connectivity index (χ0v) is 23.0. The zero-order valence-electron chi connectivity index (χ0n) is 22.2. The number of carbonyl (C=O) groups is 1. The Hall–Kier alpha value is -4.05. The summed E-state index contributed by atoms with van der Waals surface area (Å²) in [4.78, 5) is 22.7. The molecule has 0 aliphatic carbocycles. The molecule has 3 N–H and O–H groups in total. The number of nitrogen functional groups attached to an aromatic ring is 1. The number of nitrogens with one attached hydrogen (secondary N) is 1. The fourth-order valence-electron chi connectivity index (χ4n) is 4.34. The van der Waals surface area contributed by atoms with Crippen LogP contribution < -0.4 is 20.7 Å². The highest BCUT2D eigenvalue weighted by Crippen LogP contribution is 2.31. The molecule has 0 spiro atoms. The van der Waals surface area contributed by atoms with Gasteiger partial charge in [0.15, 0.2) is 0 Å². The van der Waals surface area contributed by atoms with Crippen LogP contribution in [0.4, 0.5) is 33.7 Å². The number of nitrogens with zero attached hydrogens (tertiary/aromatic N) is 4. The van der Waals surface area contributed by atoms with E-state index < -0.39 is 40.0 Å². The van der Waals surface area contributed by atoms with Crippen molar-refractivity contribution in [3.05, 3.63) is 71.9 Å². The van der Waals surface area contributed by atoms with Crippen LogP contribution in [0.15, 0.2) is 65.7 Å². The van der Waals surface area contributed by atoms with Crippen LogP contribution in [0.25, 0.3) is 0 Å². The Morgan fingerprint density at radius 3 is 2.31 bits per heavy atom. The van der Waals surface area contributed by atoms with Crippen molar-refractivity contribution in [2.75, 3.05) is 30.3 Å². The molecule has 1 atom stereocenters. The Balaban J connectivity index is 1.57. The monoisotopic (exact) mass is 614 g/mol. The SMILES string of the molecule is CCC(F)(F)c1ccc(CNC(=O)[C@H]2CN(c3ccnc(N)n3)CCN2S(=O)(=O)c2ccc(OC(F)(F)F)cc2)cc1. The number of halogens is 5. The van der Waals surface area contributed by atoms with Gasteiger partial charge < -0.3 is 20.7 Å². The predicted molar refractivity (Wildman–Crippen MR) is 142 cm³/mol. The molecule has 1 saturated heterocycles. The first-order valence-corrected chi connectivity index (χ1v) is 14.1. The summed E-state index contributed by atoms with van der Waals surface area (Å²) in [6.07, 6.45) is -3.92. The van der Waals surface area contributed by atoms with E-state index in [1.165, 1.54) is 37.4 Å². The lowest BCUT2D eigenvalue weighted by Crippen LogP contribution is -2.60. The van der Waals surface area contributed by atoms with E-state index in [1.54, 1.807) is 11.0 Å². The average Bonchev–Trinajstić information content (AvgIpc) is 2.95. The second-order valence-electron chi connectivity index (χ2n) is 9.34. The molecule has 0 saturated carbocycles. The first-order chi connectivity index (χ1) is 19.7. The minimum absolute atomic E-state index is 0.0261. The Morgan fingerprint density at radius 1 is 1.05 bits per heavy atom. The number of hydrogen-bond acceptors (Lipinski definition) is 8. The van der Waals surface area contributed by atoms with Gasteiger partial charge in [-0.3, -0.25) is 4.79 Å². The van der Waals surface area contributed by atoms with Crippen LogP contribution in [-0.4, -0.2) is 60.6 Å². The molecule has 0 bridgehead atoms. The van der Waals surface area contributed by atoms with Crippen LogP contribution in [0.2, 0.25) is 0 Å². The highest BCUT2D eigenvalue weighted by Gasteiger charge is 2.41. The van der Waals surface area contributed by atoms with E-state index >= 15 is 0 Å². The molecule has 3 aromatic rings. The van der Waals surface area contributed by atoms with E-state index in [1.807, 2.05) is 0 Å². The molecule has 4 rings (SSSR count). The number of hydrogen-bond donors (Lipinski definition) is 2. The summed E-state index contributed by atoms with van der Waals surface area (Å²) in [5.41, 5.74) is 6.01. The summed E-state index contributed by atoms with van der Waals surface area (Å²) in [5.74, 6) is -3.96. The Kier molecular flexibility index (Phi) is 8.87. The van der Waals surface area contributed by atoms with Gasteiger partial charge >= 0.3 is 6.36 Å². The number of aromatic nitrogens is 2. The second-order valence-corrected chi connectivity index (χ2v) is 11.2. The molecule has 10 nitrogen and oxygen atoms in total. The van der Waals surface area contributed by atoms with Crippen molar-refractivity contribution in [2.45, 2.75) is 43.1 Å². The van der Waals surface area contributed by atoms with Gasteiger partial charge in [0.1, 0.15) is 17.6 Å². The molecule has 1 aliphatic rings. The molecule has 1 aromatic heterocycles. The van der Waals surface area contributed by atoms with Gasteiger partial charge in [-0.1, -0.05) is 31.2 Å². The van der Waals surface area contributed by atoms with Crippen LogP contribution in [0, 0.1) is 0 Å². The number of alkyl halides is 5. The van der Waals surface area contributed by atoms with Gasteiger partial charge in [-0.05, 0) is 35.9 Å². The van der Waals surface area contributed by atoms with E-state index in [0.717, 1.165) is 28.6 Å². The summed E-state index contributed by atoms with van der Waals surface area (Å²) >= 11 is 0. The standard InChI is InChI=1S/C26H27F5N6O4S/c1-2-25(27,28)18-5-3-17(4-6-18)15-34-23(38)21-16-36(22-11-12-33-24(32)35-22)13-14-37(21)42(39,40)20-9-7-19(8-10-20)41-26(29,30)31/h3-12,21H,2,13-16H2,1H3,(H,34,38)(H2,32,33,35)/t21-/m1/s1. The van der Waals surface area contributed by atoms with Crippen molar-refractivity contribution >= 4 is 27.7 Å². The maximum atomic E-state index is 14.0. The van der Waals surface area contributed by atoms with Gasteiger partial charge in [0.25, 0.3) is 5.92 Å². The highest BCUT2D eigenvalue weighted by molar-refractivity contribution is 7.89. The fourth-order valence-corrected chi connectivity index (χ4v) is 5.91. The third-order valence-corrected chi connectivity index (χ3v) is 8.49. The number of ether oxygens (including phenoxy) is 1. The van der Waals surface area contributed by atoms with Gasteiger partial charge in [-0.15, -0.1) is 13.2 Å². The summed E-state index contributed by atoms with van der Waals surface area (Å²) in [5, 5.41) is 2.65. The van der Waals surface area contributed by atoms with Crippen LogP contribution in [-0.2, 0) is 27.3 Å². The third-order valence-electron chi connectivity index (χ3n) is 6.57. The second kappa shape index (κ2) is 12.1. The molecular weight excluding hydrogens is 587 g/mol. The maximum absolute atomic E-state index is 14.0. The molecule has 0 radical (unpaired) electrons. The topological polar surface area (TPSA) is 131 Å². The number of benzene rings is 2. The number of amides is 1. The van der Waals surface area contributed by atoms with Crippen molar-refractivity contribution in [2.24, 2.45) is 0 Å². The first kappa shape index (κ1) is 30.9. The number of rotatable bonds is 9. The Morgan fingerprint density at radius 2 is 1.71 bits per heavy atom. The van der Waals surface area contributed by atoms with E-state index in [0.29, 0.717) is 11.4 Å². The molecule has 42 heavy (non-hydrogen) atoms. The van der Waals surface area contributed by atoms with Crippen molar-refractivity contribution < 1.29 is 39.9 Å². The van der Waals surface area contributed by atoms with Crippen molar-refractivity contribution in [1.82, 2.24) is 19.6 Å². The normalized spacial score (nSPS) is 16.7. The summed E-state index contributed by atoms with van der Waals surface area (Å²) in [6, 6.07) is 9.28. The fraction of sp³-hybridized carbons (Fsp3) is 0.346. The highest BCUT2D eigenvalue weighted by atomic mass is 32.2. The van der Waals surface area contributed by atoms with Gasteiger partial charge in [-0.25, -0.2) is 22.2 Å². The number of nitrogens with two attached hydrogens (primary N) is 1. The van der Waals surface area contributed by atoms with Gasteiger partial charge in [0.2, 0.25) is 21.9 Å². The molecular formula is C26H27F5N6O4S. The lowest BCUT2D eigenvalue weighted by molar-refractivity contribution is -0.274. The van der Waals surface area contributed by atoms with Gasteiger partial charge in [0, 0.05) is 44.4 Å². The van der Waals surface area contributed by atoms with E-state index in [9.17, 15) is 35.2 Å². The number of piperazine rings is 1. The first-order valence-electron chi connectivity index (χ1n) is 12.7. The minimum Gasteiger partial charge on any atom is -0.406 e. The summed E-state index contributed by atoms with van der Waals surface area (Å²) < 4.78 is 97.5. The van der Waals surface area contributed by atoms with Crippen LogP contribution in [0.1, 0.15) is 24.5 Å². The molecule has 0 unspecified atom stereocenters. The molecule has 2 aromatic carbocycles.